The Bertz CT molecular complexity index is 1470. The molecule has 6 N–H and O–H groups in total. The number of allylic oxidation sites excluding steroid dienone is 1. The van der Waals surface area contributed by atoms with Crippen LogP contribution in [0.1, 0.15) is 24.8 Å². The number of carbonyl (C=O) groups excluding carboxylic acids is 3. The second-order valence-corrected chi connectivity index (χ2v) is 11.2. The van der Waals surface area contributed by atoms with Crippen molar-refractivity contribution in [3.63, 3.8) is 0 Å². The first-order valence-electron chi connectivity index (χ1n) is 13.2. The van der Waals surface area contributed by atoms with Crippen LogP contribution < -0.4 is 36.6 Å². The highest BCUT2D eigenvalue weighted by atomic mass is 32.2. The molecule has 0 saturated heterocycles. The Balaban J connectivity index is 1.24. The second kappa shape index (κ2) is 10.7. The summed E-state index contributed by atoms with van der Waals surface area (Å²) in [6, 6.07) is 14.7. The normalized spacial score (nSPS) is 23.0. The van der Waals surface area contributed by atoms with E-state index in [1.807, 2.05) is 67.7 Å². The van der Waals surface area contributed by atoms with E-state index in [0.29, 0.717) is 22.8 Å². The SMILES string of the molecule is Cc1cc(Oc2ccccc2)ccc1N1C(=O)NC2=C(C(=O)N[C@@H]3CC[C@@H](NC(=O)CN)C3)SC3NC=CC1=C23. The first-order chi connectivity index (χ1) is 19.4. The summed E-state index contributed by atoms with van der Waals surface area (Å²) >= 11 is 1.38. The lowest BCUT2D eigenvalue weighted by atomic mass is 10.0. The number of dihydropyridines is 1. The summed E-state index contributed by atoms with van der Waals surface area (Å²) in [7, 11) is 0. The van der Waals surface area contributed by atoms with Gasteiger partial charge in [-0.1, -0.05) is 30.0 Å². The molecule has 4 aliphatic rings. The lowest BCUT2D eigenvalue weighted by Gasteiger charge is -2.35. The van der Waals surface area contributed by atoms with Gasteiger partial charge in [-0.3, -0.25) is 14.5 Å². The predicted molar refractivity (Wildman–Crippen MR) is 153 cm³/mol. The van der Waals surface area contributed by atoms with Crippen LogP contribution in [0.25, 0.3) is 0 Å². The van der Waals surface area contributed by atoms with Crippen molar-refractivity contribution >= 4 is 35.3 Å². The van der Waals surface area contributed by atoms with E-state index in [1.165, 1.54) is 11.8 Å². The van der Waals surface area contributed by atoms with Crippen molar-refractivity contribution in [3.8, 4) is 11.5 Å². The van der Waals surface area contributed by atoms with E-state index in [9.17, 15) is 14.4 Å². The van der Waals surface area contributed by atoms with Crippen LogP contribution in [0.4, 0.5) is 10.5 Å². The molecule has 1 aliphatic carbocycles. The number of nitrogens with one attached hydrogen (secondary N) is 4. The molecule has 0 bridgehead atoms. The third kappa shape index (κ3) is 4.93. The van der Waals surface area contributed by atoms with Crippen molar-refractivity contribution in [2.45, 2.75) is 43.6 Å². The van der Waals surface area contributed by atoms with Crippen molar-refractivity contribution in [2.24, 2.45) is 5.73 Å². The number of urea groups is 1. The molecule has 6 rings (SSSR count). The molecule has 1 fully saturated rings. The van der Waals surface area contributed by atoms with Gasteiger partial charge in [0.2, 0.25) is 5.91 Å². The van der Waals surface area contributed by atoms with E-state index in [0.717, 1.165) is 41.1 Å². The predicted octanol–water partition coefficient (Wildman–Crippen LogP) is 3.08. The number of hydrogen-bond acceptors (Lipinski definition) is 7. The number of rotatable bonds is 7. The Hall–Kier alpha value is -4.22. The zero-order valence-corrected chi connectivity index (χ0v) is 22.7. The molecule has 3 heterocycles. The van der Waals surface area contributed by atoms with E-state index < -0.39 is 0 Å². The molecule has 2 aromatic carbocycles. The lowest BCUT2D eigenvalue weighted by molar-refractivity contribution is -0.120. The molecule has 1 saturated carbocycles. The average Bonchev–Trinajstić information content (AvgIpc) is 3.55. The molecule has 11 heteroatoms. The molecule has 206 valence electrons. The fourth-order valence-corrected chi connectivity index (χ4v) is 6.70. The van der Waals surface area contributed by atoms with Crippen LogP contribution in [0.2, 0.25) is 0 Å². The number of amides is 4. The fraction of sp³-hybridized carbons (Fsp3) is 0.276. The summed E-state index contributed by atoms with van der Waals surface area (Å²) in [5.41, 5.74) is 9.12. The summed E-state index contributed by atoms with van der Waals surface area (Å²) in [4.78, 5) is 40.7. The summed E-state index contributed by atoms with van der Waals surface area (Å²) in [5, 5.41) is 12.1. The summed E-state index contributed by atoms with van der Waals surface area (Å²) in [5.74, 6) is 0.982. The Morgan fingerprint density at radius 2 is 1.88 bits per heavy atom. The maximum Gasteiger partial charge on any atom is 0.331 e. The van der Waals surface area contributed by atoms with Gasteiger partial charge in [-0.05, 0) is 74.4 Å². The van der Waals surface area contributed by atoms with Gasteiger partial charge in [0.1, 0.15) is 16.9 Å². The molecule has 0 aromatic heterocycles. The molecule has 3 aliphatic heterocycles. The van der Waals surface area contributed by atoms with Crippen LogP contribution in [0.15, 0.2) is 82.7 Å². The van der Waals surface area contributed by atoms with Gasteiger partial charge in [-0.2, -0.15) is 0 Å². The van der Waals surface area contributed by atoms with E-state index in [4.69, 9.17) is 10.5 Å². The highest BCUT2D eigenvalue weighted by molar-refractivity contribution is 8.05. The Labute approximate surface area is 236 Å². The first kappa shape index (κ1) is 26.0. The Kier molecular flexibility index (Phi) is 6.99. The lowest BCUT2D eigenvalue weighted by Crippen LogP contribution is -2.47. The largest absolute Gasteiger partial charge is 0.457 e. The van der Waals surface area contributed by atoms with Gasteiger partial charge >= 0.3 is 6.03 Å². The van der Waals surface area contributed by atoms with Crippen LogP contribution in [0, 0.1) is 6.92 Å². The van der Waals surface area contributed by atoms with Crippen LogP contribution in [-0.4, -0.2) is 41.8 Å². The summed E-state index contributed by atoms with van der Waals surface area (Å²) in [6.45, 7) is 1.88. The van der Waals surface area contributed by atoms with Crippen LogP contribution >= 0.6 is 11.8 Å². The second-order valence-electron chi connectivity index (χ2n) is 10.1. The summed E-state index contributed by atoms with van der Waals surface area (Å²) in [6.07, 6.45) is 5.85. The molecule has 0 spiro atoms. The van der Waals surface area contributed by atoms with Crippen molar-refractivity contribution < 1.29 is 19.1 Å². The number of ether oxygens (including phenoxy) is 1. The molecule has 3 atom stereocenters. The number of benzene rings is 2. The average molecular weight is 559 g/mol. The number of nitrogens with two attached hydrogens (primary N) is 1. The number of nitrogens with zero attached hydrogens (tertiary/aromatic N) is 1. The molecule has 10 nitrogen and oxygen atoms in total. The minimum absolute atomic E-state index is 0.00588. The third-order valence-corrected chi connectivity index (χ3v) is 8.58. The molecular formula is C29H30N6O4S. The van der Waals surface area contributed by atoms with Crippen LogP contribution in [0.5, 0.6) is 11.5 Å². The molecule has 0 radical (unpaired) electrons. The zero-order valence-electron chi connectivity index (χ0n) is 21.9. The quantitative estimate of drug-likeness (QED) is 0.352. The van der Waals surface area contributed by atoms with E-state index in [1.54, 1.807) is 4.90 Å². The van der Waals surface area contributed by atoms with Crippen LogP contribution in [-0.2, 0) is 9.59 Å². The minimum Gasteiger partial charge on any atom is -0.457 e. The van der Waals surface area contributed by atoms with Gasteiger partial charge in [-0.15, -0.1) is 0 Å². The monoisotopic (exact) mass is 558 g/mol. The van der Waals surface area contributed by atoms with Gasteiger partial charge in [0.25, 0.3) is 5.91 Å². The van der Waals surface area contributed by atoms with Crippen molar-refractivity contribution in [1.29, 1.82) is 0 Å². The molecule has 2 aromatic rings. The fourth-order valence-electron chi connectivity index (χ4n) is 5.52. The van der Waals surface area contributed by atoms with E-state index in [-0.39, 0.29) is 41.8 Å². The van der Waals surface area contributed by atoms with Crippen LogP contribution in [0.3, 0.4) is 0 Å². The summed E-state index contributed by atoms with van der Waals surface area (Å²) < 4.78 is 5.97. The number of thioether (sulfide) groups is 1. The number of para-hydroxylation sites is 1. The molecular weight excluding hydrogens is 528 g/mol. The Morgan fingerprint density at radius 1 is 1.10 bits per heavy atom. The molecule has 1 unspecified atom stereocenters. The molecule has 40 heavy (non-hydrogen) atoms. The van der Waals surface area contributed by atoms with Gasteiger partial charge in [0, 0.05) is 17.7 Å². The number of carbonyl (C=O) groups is 3. The van der Waals surface area contributed by atoms with E-state index in [2.05, 4.69) is 21.3 Å². The maximum atomic E-state index is 13.5. The van der Waals surface area contributed by atoms with Gasteiger partial charge in [-0.25, -0.2) is 4.79 Å². The minimum atomic E-state index is -0.336. The highest BCUT2D eigenvalue weighted by Crippen LogP contribution is 2.46. The maximum absolute atomic E-state index is 13.5. The smallest absolute Gasteiger partial charge is 0.331 e. The van der Waals surface area contributed by atoms with Crippen molar-refractivity contribution in [3.05, 3.63) is 88.2 Å². The van der Waals surface area contributed by atoms with Crippen molar-refractivity contribution in [1.82, 2.24) is 21.3 Å². The highest BCUT2D eigenvalue weighted by Gasteiger charge is 2.44. The zero-order chi connectivity index (χ0) is 27.8. The van der Waals surface area contributed by atoms with E-state index >= 15 is 0 Å². The Morgan fingerprint density at radius 3 is 2.62 bits per heavy atom. The molecule has 4 amide bonds. The van der Waals surface area contributed by atoms with Gasteiger partial charge < -0.3 is 31.7 Å². The number of hydrogen-bond donors (Lipinski definition) is 5. The first-order valence-corrected chi connectivity index (χ1v) is 14.1. The standard InChI is InChI=1S/C29H30N6O4S/c1-16-13-20(39-19-5-3-2-4-6-19)9-10-21(16)35-22-11-12-31-28-24(22)25(34-29(35)38)26(40-28)27(37)33-18-8-7-17(14-18)32-23(36)15-30/h2-6,9-13,17-18,28,31H,7-8,14-15,30H2,1H3,(H,32,36)(H,33,37)(H,34,38)/t17-,18-,28?/m1/s1. The van der Waals surface area contributed by atoms with Gasteiger partial charge in [0.05, 0.1) is 28.5 Å². The van der Waals surface area contributed by atoms with Gasteiger partial charge in [0.15, 0.2) is 0 Å². The topological polar surface area (TPSA) is 138 Å². The number of aryl methyl sites for hydroxylation is 1. The number of anilines is 1. The van der Waals surface area contributed by atoms with Crippen molar-refractivity contribution in [2.75, 3.05) is 11.4 Å². The third-order valence-electron chi connectivity index (χ3n) is 7.35.